The molecule has 3 rings (SSSR count). The zero-order chi connectivity index (χ0) is 15.7. The minimum atomic E-state index is -1.04. The number of benzene rings is 1. The molecule has 22 heavy (non-hydrogen) atoms. The van der Waals surface area contributed by atoms with E-state index in [-0.39, 0.29) is 6.10 Å². The first kappa shape index (κ1) is 15.3. The Kier molecular flexibility index (Phi) is 4.34. The van der Waals surface area contributed by atoms with Crippen LogP contribution in [-0.4, -0.2) is 30.5 Å². The van der Waals surface area contributed by atoms with Crippen LogP contribution in [-0.2, 0) is 9.53 Å². The second kappa shape index (κ2) is 6.24. The van der Waals surface area contributed by atoms with E-state index < -0.39 is 18.2 Å². The van der Waals surface area contributed by atoms with Crippen molar-refractivity contribution < 1.29 is 23.8 Å². The van der Waals surface area contributed by atoms with Crippen molar-refractivity contribution in [3.63, 3.8) is 0 Å². The summed E-state index contributed by atoms with van der Waals surface area (Å²) in [5.41, 5.74) is 0.526. The molecule has 2 aliphatic rings. The number of hydrogen-bond donors (Lipinski definition) is 1. The summed E-state index contributed by atoms with van der Waals surface area (Å²) in [6.07, 6.45) is 0.845. The Morgan fingerprint density at radius 1 is 1.23 bits per heavy atom. The van der Waals surface area contributed by atoms with E-state index in [1.54, 1.807) is 24.3 Å². The van der Waals surface area contributed by atoms with Gasteiger partial charge in [-0.25, -0.2) is 9.18 Å². The maximum absolute atomic E-state index is 13.4. The van der Waals surface area contributed by atoms with Gasteiger partial charge in [0.25, 0.3) is 0 Å². The van der Waals surface area contributed by atoms with Crippen LogP contribution in [0.25, 0.3) is 0 Å². The van der Waals surface area contributed by atoms with Crippen LogP contribution >= 0.6 is 0 Å². The van der Waals surface area contributed by atoms with Crippen molar-refractivity contribution >= 4 is 5.97 Å². The van der Waals surface area contributed by atoms with E-state index in [0.717, 1.165) is 12.8 Å². The Morgan fingerprint density at radius 3 is 2.45 bits per heavy atom. The van der Waals surface area contributed by atoms with Gasteiger partial charge in [0.1, 0.15) is 11.9 Å². The van der Waals surface area contributed by atoms with Gasteiger partial charge in [-0.05, 0) is 43.6 Å². The first-order chi connectivity index (χ1) is 10.6. The SMILES string of the molecule is COc1ccccc1C(OC1C[C@H]2CC(F)C[C@H]2C1)C(=O)O. The number of para-hydroxylation sites is 1. The first-order valence-electron chi connectivity index (χ1n) is 7.73. The molecule has 0 spiro atoms. The number of fused-ring (bicyclic) bond motifs is 1. The molecule has 3 unspecified atom stereocenters. The van der Waals surface area contributed by atoms with Gasteiger partial charge in [0, 0.05) is 5.56 Å². The molecule has 2 fully saturated rings. The van der Waals surface area contributed by atoms with Crippen molar-refractivity contribution in [1.82, 2.24) is 0 Å². The molecule has 120 valence electrons. The fourth-order valence-corrected chi connectivity index (χ4v) is 3.94. The van der Waals surface area contributed by atoms with Crippen LogP contribution in [0, 0.1) is 11.8 Å². The molecule has 2 saturated carbocycles. The van der Waals surface area contributed by atoms with Crippen molar-refractivity contribution in [3.05, 3.63) is 29.8 Å². The summed E-state index contributed by atoms with van der Waals surface area (Å²) < 4.78 is 24.5. The van der Waals surface area contributed by atoms with Gasteiger partial charge in [-0.15, -0.1) is 0 Å². The van der Waals surface area contributed by atoms with Gasteiger partial charge >= 0.3 is 5.97 Å². The lowest BCUT2D eigenvalue weighted by Crippen LogP contribution is -2.22. The Morgan fingerprint density at radius 2 is 1.86 bits per heavy atom. The van der Waals surface area contributed by atoms with E-state index in [2.05, 4.69) is 0 Å². The highest BCUT2D eigenvalue weighted by molar-refractivity contribution is 5.75. The maximum atomic E-state index is 13.4. The second-order valence-corrected chi connectivity index (χ2v) is 6.28. The number of carboxylic acid groups (broad SMARTS) is 1. The highest BCUT2D eigenvalue weighted by Crippen LogP contribution is 2.47. The average molecular weight is 308 g/mol. The third-order valence-electron chi connectivity index (χ3n) is 4.89. The van der Waals surface area contributed by atoms with Gasteiger partial charge in [-0.1, -0.05) is 18.2 Å². The topological polar surface area (TPSA) is 55.8 Å². The third kappa shape index (κ3) is 2.95. The van der Waals surface area contributed by atoms with Crippen molar-refractivity contribution in [2.45, 2.75) is 44.1 Å². The zero-order valence-corrected chi connectivity index (χ0v) is 12.6. The minimum absolute atomic E-state index is 0.117. The lowest BCUT2D eigenvalue weighted by atomic mass is 10.0. The van der Waals surface area contributed by atoms with E-state index in [1.807, 2.05) is 0 Å². The van der Waals surface area contributed by atoms with Crippen molar-refractivity contribution in [3.8, 4) is 5.75 Å². The van der Waals surface area contributed by atoms with E-state index >= 15 is 0 Å². The molecule has 1 aromatic carbocycles. The van der Waals surface area contributed by atoms with Crippen LogP contribution in [0.15, 0.2) is 24.3 Å². The van der Waals surface area contributed by atoms with E-state index in [4.69, 9.17) is 9.47 Å². The maximum Gasteiger partial charge on any atom is 0.337 e. The van der Waals surface area contributed by atoms with Gasteiger partial charge in [0.05, 0.1) is 13.2 Å². The Balaban J connectivity index is 1.72. The smallest absolute Gasteiger partial charge is 0.337 e. The molecule has 2 aliphatic carbocycles. The van der Waals surface area contributed by atoms with Crippen molar-refractivity contribution in [1.29, 1.82) is 0 Å². The predicted molar refractivity (Wildman–Crippen MR) is 78.6 cm³/mol. The van der Waals surface area contributed by atoms with Crippen LogP contribution in [0.4, 0.5) is 4.39 Å². The summed E-state index contributed by atoms with van der Waals surface area (Å²) in [7, 11) is 1.51. The summed E-state index contributed by atoms with van der Waals surface area (Å²) in [6, 6.07) is 7.01. The Bertz CT molecular complexity index is 533. The zero-order valence-electron chi connectivity index (χ0n) is 12.6. The number of rotatable bonds is 5. The molecule has 1 aromatic rings. The molecule has 1 N–H and O–H groups in total. The monoisotopic (exact) mass is 308 g/mol. The largest absolute Gasteiger partial charge is 0.496 e. The number of ether oxygens (including phenoxy) is 2. The molecule has 0 aliphatic heterocycles. The summed E-state index contributed by atoms with van der Waals surface area (Å²) in [5, 5.41) is 9.51. The van der Waals surface area contributed by atoms with Gasteiger partial charge in [0.2, 0.25) is 0 Å². The molecule has 5 atom stereocenters. The first-order valence-corrected chi connectivity index (χ1v) is 7.73. The number of aliphatic carboxylic acids is 1. The quantitative estimate of drug-likeness (QED) is 0.906. The second-order valence-electron chi connectivity index (χ2n) is 6.28. The summed E-state index contributed by atoms with van der Waals surface area (Å²) in [5.74, 6) is 0.168. The fourth-order valence-electron chi connectivity index (χ4n) is 3.94. The van der Waals surface area contributed by atoms with Crippen LogP contribution < -0.4 is 4.74 Å². The molecule has 0 radical (unpaired) electrons. The number of methoxy groups -OCH3 is 1. The normalized spacial score (nSPS) is 31.7. The van der Waals surface area contributed by atoms with Gasteiger partial charge in [0.15, 0.2) is 6.10 Å². The van der Waals surface area contributed by atoms with Crippen LogP contribution in [0.2, 0.25) is 0 Å². The van der Waals surface area contributed by atoms with Gasteiger partial charge in [-0.3, -0.25) is 0 Å². The van der Waals surface area contributed by atoms with Crippen LogP contribution in [0.5, 0.6) is 5.75 Å². The number of alkyl halides is 1. The number of carboxylic acids is 1. The molecule has 0 bridgehead atoms. The standard InChI is InChI=1S/C17H21FO4/c1-21-15-5-3-2-4-14(15)16(17(19)20)22-13-8-10-6-12(18)7-11(10)9-13/h2-5,10-13,16H,6-9H2,1H3,(H,19,20)/t10-,11+,12?,13?,16?. The Labute approximate surface area is 129 Å². The fraction of sp³-hybridized carbons (Fsp3) is 0.588. The highest BCUT2D eigenvalue weighted by Gasteiger charge is 2.43. The van der Waals surface area contributed by atoms with Crippen molar-refractivity contribution in [2.24, 2.45) is 11.8 Å². The minimum Gasteiger partial charge on any atom is -0.496 e. The molecule has 0 saturated heterocycles. The summed E-state index contributed by atoms with van der Waals surface area (Å²) >= 11 is 0. The number of hydrogen-bond acceptors (Lipinski definition) is 3. The number of halogens is 1. The number of carbonyl (C=O) groups is 1. The summed E-state index contributed by atoms with van der Waals surface area (Å²) in [4.78, 5) is 11.6. The van der Waals surface area contributed by atoms with Gasteiger partial charge in [-0.2, -0.15) is 0 Å². The molecule has 5 heteroatoms. The summed E-state index contributed by atoms with van der Waals surface area (Å²) in [6.45, 7) is 0. The average Bonchev–Trinajstić information content (AvgIpc) is 3.01. The van der Waals surface area contributed by atoms with E-state index in [1.165, 1.54) is 7.11 Å². The van der Waals surface area contributed by atoms with Gasteiger partial charge < -0.3 is 14.6 Å². The van der Waals surface area contributed by atoms with Crippen molar-refractivity contribution in [2.75, 3.05) is 7.11 Å². The molecule has 4 nitrogen and oxygen atoms in total. The van der Waals surface area contributed by atoms with E-state index in [9.17, 15) is 14.3 Å². The lowest BCUT2D eigenvalue weighted by Gasteiger charge is -2.21. The Hall–Kier alpha value is -1.62. The lowest BCUT2D eigenvalue weighted by molar-refractivity contribution is -0.155. The van der Waals surface area contributed by atoms with Crippen LogP contribution in [0.1, 0.15) is 37.4 Å². The molecular formula is C17H21FO4. The predicted octanol–water partition coefficient (Wildman–Crippen LogP) is 3.36. The molecule has 0 amide bonds. The highest BCUT2D eigenvalue weighted by atomic mass is 19.1. The molecule has 0 heterocycles. The van der Waals surface area contributed by atoms with Crippen LogP contribution in [0.3, 0.4) is 0 Å². The molecule has 0 aromatic heterocycles. The molecular weight excluding hydrogens is 287 g/mol. The third-order valence-corrected chi connectivity index (χ3v) is 4.89. The van der Waals surface area contributed by atoms with E-state index in [0.29, 0.717) is 36.0 Å².